The topological polar surface area (TPSA) is 95.9 Å². The number of carboxylic acid groups (broad SMARTS) is 1. The van der Waals surface area contributed by atoms with E-state index in [2.05, 4.69) is 5.32 Å². The van der Waals surface area contributed by atoms with Gasteiger partial charge in [0.2, 0.25) is 5.91 Å². The van der Waals surface area contributed by atoms with Crippen LogP contribution in [0.2, 0.25) is 0 Å². The molecule has 0 spiro atoms. The summed E-state index contributed by atoms with van der Waals surface area (Å²) in [5.41, 5.74) is 1.16. The molecule has 1 aromatic carbocycles. The summed E-state index contributed by atoms with van der Waals surface area (Å²) in [5, 5.41) is 12.9. The van der Waals surface area contributed by atoms with Gasteiger partial charge >= 0.3 is 11.9 Å². The van der Waals surface area contributed by atoms with Crippen LogP contribution in [0.25, 0.3) is 0 Å². The van der Waals surface area contributed by atoms with Crippen molar-refractivity contribution in [2.45, 2.75) is 75.9 Å². The molecule has 1 aliphatic carbocycles. The average molecular weight is 463 g/mol. The van der Waals surface area contributed by atoms with E-state index < -0.39 is 24.1 Å². The zero-order valence-corrected chi connectivity index (χ0v) is 19.7. The van der Waals surface area contributed by atoms with Gasteiger partial charge in [0.05, 0.1) is 12.6 Å². The molecular formula is C24H34N2O5S. The van der Waals surface area contributed by atoms with E-state index in [0.29, 0.717) is 12.2 Å². The lowest BCUT2D eigenvalue weighted by atomic mass is 9.84. The van der Waals surface area contributed by atoms with Crippen LogP contribution in [0.3, 0.4) is 0 Å². The predicted octanol–water partition coefficient (Wildman–Crippen LogP) is 3.07. The first-order chi connectivity index (χ1) is 15.4. The smallest absolute Gasteiger partial charge is 0.326 e. The molecule has 0 radical (unpaired) electrons. The van der Waals surface area contributed by atoms with Crippen molar-refractivity contribution in [3.63, 3.8) is 0 Å². The van der Waals surface area contributed by atoms with Gasteiger partial charge in [-0.15, -0.1) is 0 Å². The normalized spacial score (nSPS) is 24.4. The number of fused-ring (bicyclic) bond motifs is 1. The first-order valence-corrected chi connectivity index (χ1v) is 12.7. The van der Waals surface area contributed by atoms with E-state index in [-0.39, 0.29) is 30.4 Å². The van der Waals surface area contributed by atoms with Crippen LogP contribution in [-0.2, 0) is 24.9 Å². The number of esters is 1. The predicted molar refractivity (Wildman–Crippen MR) is 124 cm³/mol. The molecule has 1 saturated heterocycles. The van der Waals surface area contributed by atoms with E-state index in [1.165, 1.54) is 0 Å². The molecule has 5 atom stereocenters. The Morgan fingerprint density at radius 2 is 1.94 bits per heavy atom. The quantitative estimate of drug-likeness (QED) is 0.516. The fourth-order valence-corrected chi connectivity index (χ4v) is 5.90. The summed E-state index contributed by atoms with van der Waals surface area (Å²) in [6.45, 7) is 3.73. The van der Waals surface area contributed by atoms with Gasteiger partial charge in [0.25, 0.3) is 0 Å². The highest BCUT2D eigenvalue weighted by Gasteiger charge is 2.48. The molecule has 2 fully saturated rings. The zero-order valence-electron chi connectivity index (χ0n) is 18.9. The summed E-state index contributed by atoms with van der Waals surface area (Å²) >= 11 is 1.60. The largest absolute Gasteiger partial charge is 0.480 e. The molecule has 2 aliphatic rings. The van der Waals surface area contributed by atoms with Crippen LogP contribution in [0.1, 0.15) is 51.5 Å². The van der Waals surface area contributed by atoms with Crippen LogP contribution < -0.4 is 5.32 Å². The number of likely N-dealkylation sites (tertiary alicyclic amines) is 1. The Kier molecular flexibility index (Phi) is 8.99. The Labute approximate surface area is 194 Å². The van der Waals surface area contributed by atoms with E-state index in [1.807, 2.05) is 30.3 Å². The zero-order chi connectivity index (χ0) is 23.1. The highest BCUT2D eigenvalue weighted by molar-refractivity contribution is 7.98. The maximum atomic E-state index is 13.4. The molecule has 1 aliphatic heterocycles. The van der Waals surface area contributed by atoms with Gasteiger partial charge in [-0.1, -0.05) is 43.2 Å². The standard InChI is InChI=1S/C24H34N2O5S/c1-3-31-24(30)19(15-32-14-17-9-5-4-6-10-17)25-16(2)22(27)26-20-12-8-7-11-18(20)13-21(26)23(28)29/h4-6,9-10,16,18-21,25H,3,7-8,11-15H2,1-2H3,(H,28,29)/t16-,18-,19+,20-,21+/m1/s1. The number of carbonyl (C=O) groups is 3. The van der Waals surface area contributed by atoms with Gasteiger partial charge in [-0.25, -0.2) is 4.79 Å². The molecule has 8 heteroatoms. The number of ether oxygens (including phenoxy) is 1. The monoisotopic (exact) mass is 462 g/mol. The van der Waals surface area contributed by atoms with Gasteiger partial charge in [0.1, 0.15) is 12.1 Å². The summed E-state index contributed by atoms with van der Waals surface area (Å²) in [5.74, 6) is -0.116. The summed E-state index contributed by atoms with van der Waals surface area (Å²) in [6.07, 6.45) is 4.45. The number of aliphatic carboxylic acids is 1. The van der Waals surface area contributed by atoms with E-state index in [9.17, 15) is 19.5 Å². The van der Waals surface area contributed by atoms with E-state index in [4.69, 9.17) is 4.74 Å². The second kappa shape index (κ2) is 11.7. The molecule has 7 nitrogen and oxygen atoms in total. The number of rotatable bonds is 10. The second-order valence-corrected chi connectivity index (χ2v) is 9.67. The van der Waals surface area contributed by atoms with Crippen LogP contribution >= 0.6 is 11.8 Å². The Morgan fingerprint density at radius 3 is 2.62 bits per heavy atom. The number of amides is 1. The maximum Gasteiger partial charge on any atom is 0.326 e. The third-order valence-corrected chi connectivity index (χ3v) is 7.52. The number of hydrogen-bond acceptors (Lipinski definition) is 6. The molecule has 1 saturated carbocycles. The highest BCUT2D eigenvalue weighted by Crippen LogP contribution is 2.40. The van der Waals surface area contributed by atoms with Crippen molar-refractivity contribution in [2.75, 3.05) is 12.4 Å². The van der Waals surface area contributed by atoms with Crippen molar-refractivity contribution in [3.8, 4) is 0 Å². The second-order valence-electron chi connectivity index (χ2n) is 8.64. The van der Waals surface area contributed by atoms with Crippen LogP contribution in [-0.4, -0.2) is 64.4 Å². The molecule has 1 heterocycles. The Balaban J connectivity index is 1.65. The molecule has 0 bridgehead atoms. The van der Waals surface area contributed by atoms with E-state index >= 15 is 0 Å². The number of thioether (sulfide) groups is 1. The van der Waals surface area contributed by atoms with Gasteiger partial charge in [-0.05, 0) is 44.6 Å². The minimum atomic E-state index is -0.944. The minimum absolute atomic E-state index is 0.0184. The first kappa shape index (κ1) is 24.6. The van der Waals surface area contributed by atoms with Crippen molar-refractivity contribution >= 4 is 29.6 Å². The first-order valence-electron chi connectivity index (χ1n) is 11.5. The minimum Gasteiger partial charge on any atom is -0.480 e. The van der Waals surface area contributed by atoms with Crippen LogP contribution in [0.4, 0.5) is 0 Å². The molecule has 2 N–H and O–H groups in total. The van der Waals surface area contributed by atoms with Crippen molar-refractivity contribution in [2.24, 2.45) is 5.92 Å². The molecular weight excluding hydrogens is 428 g/mol. The number of carbonyl (C=O) groups excluding carboxylic acids is 2. The molecule has 0 unspecified atom stereocenters. The Morgan fingerprint density at radius 1 is 1.22 bits per heavy atom. The number of nitrogens with zero attached hydrogens (tertiary/aromatic N) is 1. The lowest BCUT2D eigenvalue weighted by Gasteiger charge is -2.35. The number of hydrogen-bond donors (Lipinski definition) is 2. The summed E-state index contributed by atoms with van der Waals surface area (Å²) in [7, 11) is 0. The maximum absolute atomic E-state index is 13.4. The Bertz CT molecular complexity index is 790. The average Bonchev–Trinajstić information content (AvgIpc) is 3.18. The summed E-state index contributed by atoms with van der Waals surface area (Å²) in [6, 6.07) is 7.86. The fourth-order valence-electron chi connectivity index (χ4n) is 4.89. The van der Waals surface area contributed by atoms with E-state index in [0.717, 1.165) is 37.0 Å². The fraction of sp³-hybridized carbons (Fsp3) is 0.625. The van der Waals surface area contributed by atoms with Crippen LogP contribution in [0, 0.1) is 5.92 Å². The Hall–Kier alpha value is -2.06. The van der Waals surface area contributed by atoms with Gasteiger partial charge in [-0.2, -0.15) is 11.8 Å². The lowest BCUT2D eigenvalue weighted by molar-refractivity contribution is -0.151. The van der Waals surface area contributed by atoms with Gasteiger partial charge < -0.3 is 14.7 Å². The van der Waals surface area contributed by atoms with Gasteiger partial charge in [0.15, 0.2) is 0 Å². The van der Waals surface area contributed by atoms with E-state index in [1.54, 1.807) is 30.5 Å². The summed E-state index contributed by atoms with van der Waals surface area (Å²) in [4.78, 5) is 39.4. The lowest BCUT2D eigenvalue weighted by Crippen LogP contribution is -2.56. The van der Waals surface area contributed by atoms with Gasteiger partial charge in [0, 0.05) is 17.5 Å². The number of carboxylic acids is 1. The molecule has 3 rings (SSSR count). The highest BCUT2D eigenvalue weighted by atomic mass is 32.2. The van der Waals surface area contributed by atoms with Crippen LogP contribution in [0.5, 0.6) is 0 Å². The SMILES string of the molecule is CCOC(=O)[C@H](CSCc1ccccc1)N[C@H](C)C(=O)N1[C@@H]2CCCC[C@@H]2C[C@H]1C(=O)O. The summed E-state index contributed by atoms with van der Waals surface area (Å²) < 4.78 is 5.22. The molecule has 176 valence electrons. The third-order valence-electron chi connectivity index (χ3n) is 6.42. The molecule has 32 heavy (non-hydrogen) atoms. The molecule has 0 aromatic heterocycles. The van der Waals surface area contributed by atoms with Crippen molar-refractivity contribution in [1.29, 1.82) is 0 Å². The van der Waals surface area contributed by atoms with Crippen molar-refractivity contribution < 1.29 is 24.2 Å². The molecule has 1 amide bonds. The third kappa shape index (κ3) is 6.04. The number of nitrogens with one attached hydrogen (secondary N) is 1. The number of benzene rings is 1. The van der Waals surface area contributed by atoms with Crippen molar-refractivity contribution in [1.82, 2.24) is 10.2 Å². The van der Waals surface area contributed by atoms with Crippen molar-refractivity contribution in [3.05, 3.63) is 35.9 Å². The molecule has 1 aromatic rings. The van der Waals surface area contributed by atoms with Crippen LogP contribution in [0.15, 0.2) is 30.3 Å². The van der Waals surface area contributed by atoms with Gasteiger partial charge in [-0.3, -0.25) is 14.9 Å².